The fourth-order valence-corrected chi connectivity index (χ4v) is 2.19. The third-order valence-electron chi connectivity index (χ3n) is 4.13. The molecule has 1 saturated heterocycles. The molecular formula is C15H28N6. The summed E-state index contributed by atoms with van der Waals surface area (Å²) in [6, 6.07) is 0.277. The van der Waals surface area contributed by atoms with E-state index in [1.54, 1.807) is 0 Å². The first-order chi connectivity index (χ1) is 9.90. The van der Waals surface area contributed by atoms with Gasteiger partial charge in [0.2, 0.25) is 17.8 Å². The summed E-state index contributed by atoms with van der Waals surface area (Å²) in [5.74, 6) is 2.05. The summed E-state index contributed by atoms with van der Waals surface area (Å²) in [5.41, 5.74) is 0.151. The summed E-state index contributed by atoms with van der Waals surface area (Å²) >= 11 is 0. The van der Waals surface area contributed by atoms with Crippen molar-refractivity contribution in [3.8, 4) is 0 Å². The van der Waals surface area contributed by atoms with Gasteiger partial charge in [-0.25, -0.2) is 0 Å². The van der Waals surface area contributed by atoms with Crippen LogP contribution >= 0.6 is 0 Å². The molecule has 0 amide bonds. The highest BCUT2D eigenvalue weighted by Crippen LogP contribution is 2.23. The van der Waals surface area contributed by atoms with E-state index in [9.17, 15) is 0 Å². The molecule has 0 radical (unpaired) electrons. The smallest absolute Gasteiger partial charge is 0.231 e. The Morgan fingerprint density at radius 3 is 2.19 bits per heavy atom. The van der Waals surface area contributed by atoms with E-state index in [2.05, 4.69) is 58.2 Å². The third kappa shape index (κ3) is 4.19. The van der Waals surface area contributed by atoms with Gasteiger partial charge in [0.1, 0.15) is 0 Å². The van der Waals surface area contributed by atoms with E-state index in [-0.39, 0.29) is 11.5 Å². The lowest BCUT2D eigenvalue weighted by Gasteiger charge is -2.29. The number of rotatable bonds is 4. The van der Waals surface area contributed by atoms with Gasteiger partial charge >= 0.3 is 0 Å². The average molecular weight is 292 g/mol. The molecule has 0 aromatic carbocycles. The Morgan fingerprint density at radius 2 is 1.62 bits per heavy atom. The Morgan fingerprint density at radius 1 is 1.00 bits per heavy atom. The van der Waals surface area contributed by atoms with Crippen LogP contribution in [0.4, 0.5) is 17.8 Å². The quantitative estimate of drug-likeness (QED) is 0.889. The lowest BCUT2D eigenvalue weighted by atomic mass is 9.88. The van der Waals surface area contributed by atoms with Crippen molar-refractivity contribution < 1.29 is 0 Å². The van der Waals surface area contributed by atoms with E-state index in [4.69, 9.17) is 0 Å². The molecule has 1 atom stereocenters. The second-order valence-electron chi connectivity index (χ2n) is 6.81. The maximum absolute atomic E-state index is 4.61. The van der Waals surface area contributed by atoms with Crippen LogP contribution in [0.25, 0.3) is 0 Å². The zero-order valence-corrected chi connectivity index (χ0v) is 13.9. The molecule has 1 aliphatic heterocycles. The lowest BCUT2D eigenvalue weighted by Crippen LogP contribution is -2.34. The Labute approximate surface area is 127 Å². The maximum atomic E-state index is 4.61. The van der Waals surface area contributed by atoms with Gasteiger partial charge in [0.15, 0.2) is 0 Å². The van der Waals surface area contributed by atoms with Crippen molar-refractivity contribution in [1.82, 2.24) is 15.0 Å². The van der Waals surface area contributed by atoms with Gasteiger partial charge in [-0.05, 0) is 31.6 Å². The van der Waals surface area contributed by atoms with Crippen LogP contribution in [0.15, 0.2) is 0 Å². The minimum Gasteiger partial charge on any atom is -0.357 e. The Balaban J connectivity index is 2.20. The van der Waals surface area contributed by atoms with E-state index in [0.717, 1.165) is 19.0 Å². The molecule has 2 heterocycles. The molecule has 21 heavy (non-hydrogen) atoms. The fraction of sp³-hybridized carbons (Fsp3) is 0.800. The molecule has 6 heteroatoms. The molecule has 0 saturated carbocycles. The van der Waals surface area contributed by atoms with Crippen LogP contribution in [0, 0.1) is 5.41 Å². The molecular weight excluding hydrogens is 264 g/mol. The van der Waals surface area contributed by atoms with Crippen LogP contribution in [0.3, 0.4) is 0 Å². The van der Waals surface area contributed by atoms with Crippen molar-refractivity contribution in [3.63, 3.8) is 0 Å². The summed E-state index contributed by atoms with van der Waals surface area (Å²) in [4.78, 5) is 15.8. The van der Waals surface area contributed by atoms with Gasteiger partial charge in [0.25, 0.3) is 0 Å². The molecule has 2 N–H and O–H groups in total. The van der Waals surface area contributed by atoms with Crippen LogP contribution in [-0.2, 0) is 0 Å². The minimum absolute atomic E-state index is 0.151. The number of nitrogens with zero attached hydrogens (tertiary/aromatic N) is 4. The van der Waals surface area contributed by atoms with Gasteiger partial charge in [-0.2, -0.15) is 15.0 Å². The predicted octanol–water partition coefficient (Wildman–Crippen LogP) is 2.75. The van der Waals surface area contributed by atoms with Crippen molar-refractivity contribution in [2.24, 2.45) is 5.41 Å². The highest BCUT2D eigenvalue weighted by Gasteiger charge is 2.22. The van der Waals surface area contributed by atoms with Crippen molar-refractivity contribution in [1.29, 1.82) is 0 Å². The molecule has 2 rings (SSSR count). The summed E-state index contributed by atoms with van der Waals surface area (Å²) in [6.07, 6.45) is 3.72. The SMILES string of the molecule is CNc1nc(NC(C)C(C)(C)C)nc(N2CCCCC2)n1. The second kappa shape index (κ2) is 6.45. The summed E-state index contributed by atoms with van der Waals surface area (Å²) < 4.78 is 0. The predicted molar refractivity (Wildman–Crippen MR) is 88.0 cm³/mol. The minimum atomic E-state index is 0.151. The highest BCUT2D eigenvalue weighted by molar-refractivity contribution is 5.44. The van der Waals surface area contributed by atoms with E-state index in [1.165, 1.54) is 19.3 Å². The Kier molecular flexibility index (Phi) is 4.85. The van der Waals surface area contributed by atoms with Gasteiger partial charge in [-0.15, -0.1) is 0 Å². The normalized spacial score (nSPS) is 17.5. The number of piperidine rings is 1. The number of nitrogens with one attached hydrogen (secondary N) is 2. The van der Waals surface area contributed by atoms with Crippen LogP contribution in [0.2, 0.25) is 0 Å². The van der Waals surface area contributed by atoms with Crippen molar-refractivity contribution in [2.75, 3.05) is 35.7 Å². The van der Waals surface area contributed by atoms with Gasteiger partial charge in [0, 0.05) is 26.2 Å². The first kappa shape index (κ1) is 15.8. The van der Waals surface area contributed by atoms with Crippen LogP contribution in [0.5, 0.6) is 0 Å². The summed E-state index contributed by atoms with van der Waals surface area (Å²) in [5, 5.41) is 6.44. The molecule has 0 bridgehead atoms. The molecule has 1 aliphatic rings. The van der Waals surface area contributed by atoms with Crippen LogP contribution in [-0.4, -0.2) is 41.1 Å². The van der Waals surface area contributed by atoms with E-state index >= 15 is 0 Å². The molecule has 1 aromatic heterocycles. The van der Waals surface area contributed by atoms with Crippen molar-refractivity contribution in [3.05, 3.63) is 0 Å². The Hall–Kier alpha value is -1.59. The first-order valence-corrected chi connectivity index (χ1v) is 7.85. The van der Waals surface area contributed by atoms with Gasteiger partial charge in [-0.3, -0.25) is 0 Å². The number of anilines is 3. The van der Waals surface area contributed by atoms with Crippen molar-refractivity contribution >= 4 is 17.8 Å². The third-order valence-corrected chi connectivity index (χ3v) is 4.13. The van der Waals surface area contributed by atoms with Crippen LogP contribution < -0.4 is 15.5 Å². The molecule has 1 aromatic rings. The van der Waals surface area contributed by atoms with E-state index < -0.39 is 0 Å². The largest absolute Gasteiger partial charge is 0.357 e. The zero-order chi connectivity index (χ0) is 15.5. The number of hydrogen-bond donors (Lipinski definition) is 2. The van der Waals surface area contributed by atoms with Crippen molar-refractivity contribution in [2.45, 2.75) is 53.0 Å². The van der Waals surface area contributed by atoms with E-state index in [1.807, 2.05) is 7.05 Å². The lowest BCUT2D eigenvalue weighted by molar-refractivity contribution is 0.358. The van der Waals surface area contributed by atoms with E-state index in [0.29, 0.717) is 11.9 Å². The molecule has 0 spiro atoms. The van der Waals surface area contributed by atoms with Gasteiger partial charge in [0.05, 0.1) is 0 Å². The first-order valence-electron chi connectivity index (χ1n) is 7.85. The second-order valence-corrected chi connectivity index (χ2v) is 6.81. The van der Waals surface area contributed by atoms with Gasteiger partial charge in [-0.1, -0.05) is 20.8 Å². The van der Waals surface area contributed by atoms with Gasteiger partial charge < -0.3 is 15.5 Å². The average Bonchev–Trinajstić information content (AvgIpc) is 2.46. The van der Waals surface area contributed by atoms with Crippen LogP contribution in [0.1, 0.15) is 47.0 Å². The molecule has 0 aliphatic carbocycles. The zero-order valence-electron chi connectivity index (χ0n) is 13.9. The summed E-state index contributed by atoms with van der Waals surface area (Å²) in [7, 11) is 1.84. The molecule has 6 nitrogen and oxygen atoms in total. The number of hydrogen-bond acceptors (Lipinski definition) is 6. The molecule has 118 valence electrons. The maximum Gasteiger partial charge on any atom is 0.231 e. The standard InChI is InChI=1S/C15H28N6/c1-11(15(2,3)4)17-13-18-12(16-5)19-14(20-13)21-9-7-6-8-10-21/h11H,6-10H2,1-5H3,(H2,16,17,18,19,20). The molecule has 1 unspecified atom stereocenters. The number of aromatic nitrogens is 3. The topological polar surface area (TPSA) is 66.0 Å². The fourth-order valence-electron chi connectivity index (χ4n) is 2.19. The Bertz CT molecular complexity index is 462. The summed E-state index contributed by atoms with van der Waals surface area (Å²) in [6.45, 7) is 10.8. The highest BCUT2D eigenvalue weighted by atomic mass is 15.3. The molecule has 1 fully saturated rings. The monoisotopic (exact) mass is 292 g/mol.